The lowest BCUT2D eigenvalue weighted by atomic mass is 10.4. The molecular weight excluding hydrogens is 200 g/mol. The van der Waals surface area contributed by atoms with E-state index in [1.807, 2.05) is 59.0 Å². The van der Waals surface area contributed by atoms with Crippen LogP contribution in [0.2, 0.25) is 0 Å². The maximum absolute atomic E-state index is 10.6. The summed E-state index contributed by atoms with van der Waals surface area (Å²) in [5.41, 5.74) is 2.22. The molecule has 3 nitrogen and oxygen atoms in total. The summed E-state index contributed by atoms with van der Waals surface area (Å²) in [7, 11) is 0. The molecule has 16 heavy (non-hydrogen) atoms. The van der Waals surface area contributed by atoms with Crippen molar-refractivity contribution in [1.29, 1.82) is 0 Å². The fourth-order valence-corrected chi connectivity index (χ4v) is 1.27. The second-order valence-electron chi connectivity index (χ2n) is 2.63. The second-order valence-corrected chi connectivity index (χ2v) is 2.63. The van der Waals surface area contributed by atoms with E-state index in [-0.39, 0.29) is 0 Å². The van der Waals surface area contributed by atoms with Gasteiger partial charge in [-0.15, -0.1) is 0 Å². The zero-order valence-corrected chi connectivity index (χ0v) is 10.7. The first-order valence-corrected chi connectivity index (χ1v) is 5.72. The van der Waals surface area contributed by atoms with Crippen LogP contribution in [0.5, 0.6) is 0 Å². The van der Waals surface area contributed by atoms with Gasteiger partial charge in [0.15, 0.2) is 6.29 Å². The lowest BCUT2D eigenvalue weighted by molar-refractivity contribution is 0.111. The minimum Gasteiger partial charge on any atom is -0.297 e. The van der Waals surface area contributed by atoms with E-state index in [1.165, 1.54) is 0 Å². The van der Waals surface area contributed by atoms with Gasteiger partial charge in [-0.25, -0.2) is 4.98 Å². The number of rotatable bonds is 1. The van der Waals surface area contributed by atoms with Crippen molar-refractivity contribution in [3.05, 3.63) is 35.8 Å². The Morgan fingerprint density at radius 1 is 1.19 bits per heavy atom. The maximum atomic E-state index is 10.6. The van der Waals surface area contributed by atoms with Crippen LogP contribution in [0.15, 0.2) is 24.4 Å². The molecule has 0 saturated heterocycles. The number of imidazole rings is 1. The number of hydrogen-bond donors (Lipinski definition) is 0. The number of nitrogens with zero attached hydrogens (tertiary/aromatic N) is 2. The van der Waals surface area contributed by atoms with Crippen LogP contribution < -0.4 is 0 Å². The van der Waals surface area contributed by atoms with Gasteiger partial charge in [-0.05, 0) is 19.1 Å². The molecule has 0 aliphatic carbocycles. The van der Waals surface area contributed by atoms with Gasteiger partial charge in [-0.1, -0.05) is 33.8 Å². The van der Waals surface area contributed by atoms with E-state index in [9.17, 15) is 4.79 Å². The summed E-state index contributed by atoms with van der Waals surface area (Å²) >= 11 is 0. The molecule has 0 fully saturated rings. The summed E-state index contributed by atoms with van der Waals surface area (Å²) in [4.78, 5) is 14.9. The van der Waals surface area contributed by atoms with Gasteiger partial charge in [0, 0.05) is 6.20 Å². The van der Waals surface area contributed by atoms with E-state index in [0.29, 0.717) is 5.69 Å². The molecule has 0 unspecified atom stereocenters. The molecule has 0 aliphatic rings. The largest absolute Gasteiger partial charge is 0.297 e. The van der Waals surface area contributed by atoms with Gasteiger partial charge in [0.2, 0.25) is 0 Å². The molecule has 2 aromatic rings. The molecule has 2 rings (SSSR count). The molecule has 0 saturated carbocycles. The van der Waals surface area contributed by atoms with E-state index < -0.39 is 0 Å². The van der Waals surface area contributed by atoms with Crippen molar-refractivity contribution in [1.82, 2.24) is 9.38 Å². The van der Waals surface area contributed by atoms with Gasteiger partial charge in [0.1, 0.15) is 11.3 Å². The standard InChI is InChI=1S/C9H8N2O.2C2H6/c1-7-8(6-12)11-5-3-2-4-9(11)10-7;2*1-2/h2-6H,1H3;2*1-2H3. The summed E-state index contributed by atoms with van der Waals surface area (Å²) in [6.07, 6.45) is 2.66. The molecule has 2 aromatic heterocycles. The molecule has 88 valence electrons. The number of pyridine rings is 1. The molecule has 0 atom stereocenters. The molecule has 3 heteroatoms. The van der Waals surface area contributed by atoms with Crippen molar-refractivity contribution in [3.63, 3.8) is 0 Å². The molecule has 0 bridgehead atoms. The average Bonchev–Trinajstić information content (AvgIpc) is 2.69. The molecule has 0 amide bonds. The number of hydrogen-bond acceptors (Lipinski definition) is 2. The van der Waals surface area contributed by atoms with Gasteiger partial charge in [-0.3, -0.25) is 9.20 Å². The highest BCUT2D eigenvalue weighted by atomic mass is 16.1. The Morgan fingerprint density at radius 3 is 2.38 bits per heavy atom. The molecule has 0 radical (unpaired) electrons. The van der Waals surface area contributed by atoms with Crippen LogP contribution in [0.4, 0.5) is 0 Å². The second kappa shape index (κ2) is 7.63. The van der Waals surface area contributed by atoms with E-state index in [2.05, 4.69) is 4.98 Å². The van der Waals surface area contributed by atoms with Crippen LogP contribution in [0.1, 0.15) is 43.9 Å². The number of carbonyl (C=O) groups is 1. The molecule has 0 spiro atoms. The van der Waals surface area contributed by atoms with Crippen molar-refractivity contribution in [3.8, 4) is 0 Å². The van der Waals surface area contributed by atoms with Gasteiger partial charge in [-0.2, -0.15) is 0 Å². The highest BCUT2D eigenvalue weighted by Gasteiger charge is 2.04. The maximum Gasteiger partial charge on any atom is 0.168 e. The normalized spacial score (nSPS) is 8.56. The predicted octanol–water partition coefficient (Wildman–Crippen LogP) is 3.51. The minimum atomic E-state index is 0.630. The highest BCUT2D eigenvalue weighted by molar-refractivity contribution is 5.76. The number of carbonyl (C=O) groups excluding carboxylic acids is 1. The number of fused-ring (bicyclic) bond motifs is 1. The van der Waals surface area contributed by atoms with E-state index in [4.69, 9.17) is 0 Å². The summed E-state index contributed by atoms with van der Waals surface area (Å²) in [6, 6.07) is 5.65. The Balaban J connectivity index is 0.000000509. The summed E-state index contributed by atoms with van der Waals surface area (Å²) in [5.74, 6) is 0. The first-order chi connectivity index (χ1) is 7.83. The smallest absolute Gasteiger partial charge is 0.168 e. The SMILES string of the molecule is CC.CC.Cc1nc2ccccn2c1C=O. The van der Waals surface area contributed by atoms with E-state index >= 15 is 0 Å². The van der Waals surface area contributed by atoms with E-state index in [1.54, 1.807) is 4.40 Å². The van der Waals surface area contributed by atoms with Crippen molar-refractivity contribution >= 4 is 11.9 Å². The van der Waals surface area contributed by atoms with Crippen molar-refractivity contribution in [2.24, 2.45) is 0 Å². The average molecular weight is 220 g/mol. The highest BCUT2D eigenvalue weighted by Crippen LogP contribution is 2.08. The Hall–Kier alpha value is -1.64. The summed E-state index contributed by atoms with van der Waals surface area (Å²) in [5, 5.41) is 0. The Morgan fingerprint density at radius 2 is 1.81 bits per heavy atom. The van der Waals surface area contributed by atoms with Crippen LogP contribution in [0, 0.1) is 6.92 Å². The third-order valence-corrected chi connectivity index (χ3v) is 1.86. The molecule has 0 N–H and O–H groups in total. The molecule has 0 aliphatic heterocycles. The first-order valence-electron chi connectivity index (χ1n) is 5.72. The van der Waals surface area contributed by atoms with Gasteiger partial charge in [0.05, 0.1) is 5.69 Å². The number of aryl methyl sites for hydroxylation is 1. The van der Waals surface area contributed by atoms with Crippen LogP contribution in [-0.4, -0.2) is 15.7 Å². The lowest BCUT2D eigenvalue weighted by Crippen LogP contribution is -1.90. The third-order valence-electron chi connectivity index (χ3n) is 1.86. The summed E-state index contributed by atoms with van der Waals surface area (Å²) < 4.78 is 1.78. The first kappa shape index (κ1) is 14.4. The number of aromatic nitrogens is 2. The zero-order valence-electron chi connectivity index (χ0n) is 10.7. The third kappa shape index (κ3) is 2.92. The predicted molar refractivity (Wildman–Crippen MR) is 68.0 cm³/mol. The summed E-state index contributed by atoms with van der Waals surface area (Å²) in [6.45, 7) is 9.83. The Kier molecular flexibility index (Phi) is 6.84. The fourth-order valence-electron chi connectivity index (χ4n) is 1.27. The minimum absolute atomic E-state index is 0.630. The van der Waals surface area contributed by atoms with Crippen LogP contribution in [-0.2, 0) is 0 Å². The monoisotopic (exact) mass is 220 g/mol. The van der Waals surface area contributed by atoms with Gasteiger partial charge >= 0.3 is 0 Å². The lowest BCUT2D eigenvalue weighted by Gasteiger charge is -1.91. The van der Waals surface area contributed by atoms with Crippen LogP contribution in [0.3, 0.4) is 0 Å². The fraction of sp³-hybridized carbons (Fsp3) is 0.385. The van der Waals surface area contributed by atoms with Crippen LogP contribution in [0.25, 0.3) is 5.65 Å². The van der Waals surface area contributed by atoms with Crippen molar-refractivity contribution in [2.75, 3.05) is 0 Å². The molecule has 0 aromatic carbocycles. The number of aldehydes is 1. The Labute approximate surface area is 97.1 Å². The molecular formula is C13H20N2O. The van der Waals surface area contributed by atoms with E-state index in [0.717, 1.165) is 17.6 Å². The van der Waals surface area contributed by atoms with Gasteiger partial charge in [0.25, 0.3) is 0 Å². The van der Waals surface area contributed by atoms with Gasteiger partial charge < -0.3 is 0 Å². The van der Waals surface area contributed by atoms with Crippen molar-refractivity contribution in [2.45, 2.75) is 34.6 Å². The topological polar surface area (TPSA) is 34.4 Å². The zero-order chi connectivity index (χ0) is 12.6. The Bertz CT molecular complexity index is 432. The molecule has 2 heterocycles. The van der Waals surface area contributed by atoms with Crippen LogP contribution >= 0.6 is 0 Å². The quantitative estimate of drug-likeness (QED) is 0.689. The van der Waals surface area contributed by atoms with Crippen molar-refractivity contribution < 1.29 is 4.79 Å².